The second-order valence-electron chi connectivity index (χ2n) is 3.77. The maximum atomic E-state index is 3.40. The first kappa shape index (κ1) is 14.4. The van der Waals surface area contributed by atoms with Crippen molar-refractivity contribution in [3.63, 3.8) is 0 Å². The van der Waals surface area contributed by atoms with E-state index in [1.807, 2.05) is 13.8 Å². The van der Waals surface area contributed by atoms with Crippen LogP contribution in [0.15, 0.2) is 0 Å². The van der Waals surface area contributed by atoms with Crippen LogP contribution >= 0.6 is 0 Å². The Kier molecular flexibility index (Phi) is 9.10. The summed E-state index contributed by atoms with van der Waals surface area (Å²) in [6.07, 6.45) is 4.08. The van der Waals surface area contributed by atoms with Crippen LogP contribution in [0, 0.1) is 5.41 Å². The van der Waals surface area contributed by atoms with E-state index in [9.17, 15) is 0 Å². The minimum atomic E-state index is 0. The molecule has 0 aromatic carbocycles. The molecule has 1 fully saturated rings. The van der Waals surface area contributed by atoms with E-state index in [1.54, 1.807) is 0 Å². The van der Waals surface area contributed by atoms with E-state index in [2.05, 4.69) is 19.2 Å². The molecule has 0 radical (unpaired) electrons. The monoisotopic (exact) mass is 176 g/mol. The van der Waals surface area contributed by atoms with Crippen LogP contribution in [0.5, 0.6) is 0 Å². The van der Waals surface area contributed by atoms with Gasteiger partial charge in [0.25, 0.3) is 0 Å². The second-order valence-corrected chi connectivity index (χ2v) is 3.77. The third-order valence-electron chi connectivity index (χ3n) is 2.19. The Labute approximate surface area is 79.2 Å². The molecule has 12 heavy (non-hydrogen) atoms. The molecule has 0 aromatic heterocycles. The summed E-state index contributed by atoms with van der Waals surface area (Å²) in [5.41, 5.74) is 0.601. The van der Waals surface area contributed by atoms with Crippen molar-refractivity contribution in [3.8, 4) is 0 Å². The zero-order valence-corrected chi connectivity index (χ0v) is 9.24. The first-order valence-electron chi connectivity index (χ1n) is 4.91. The van der Waals surface area contributed by atoms with Gasteiger partial charge in [-0.1, -0.05) is 27.7 Å². The molecule has 1 aliphatic heterocycles. The first-order chi connectivity index (χ1) is 5.21. The summed E-state index contributed by atoms with van der Waals surface area (Å²) in [6.45, 7) is 11.2. The van der Waals surface area contributed by atoms with Crippen LogP contribution in [0.25, 0.3) is 0 Å². The molecule has 78 valence electrons. The third-order valence-corrected chi connectivity index (χ3v) is 2.19. The molecular weight excluding hydrogens is 148 g/mol. The predicted molar refractivity (Wildman–Crippen MR) is 59.0 cm³/mol. The van der Waals surface area contributed by atoms with Crippen LogP contribution < -0.4 is 11.5 Å². The van der Waals surface area contributed by atoms with Gasteiger partial charge in [0.15, 0.2) is 0 Å². The van der Waals surface area contributed by atoms with Gasteiger partial charge in [0.1, 0.15) is 0 Å². The molecule has 0 spiro atoms. The summed E-state index contributed by atoms with van der Waals surface area (Å²) in [5.74, 6) is 0. The lowest BCUT2D eigenvalue weighted by Crippen LogP contribution is -2.16. The van der Waals surface area contributed by atoms with E-state index in [-0.39, 0.29) is 7.58 Å². The molecule has 0 amide bonds. The molecule has 0 aliphatic carbocycles. The normalized spacial score (nSPS) is 21.0. The number of rotatable bonds is 0. The molecule has 4 N–H and O–H groups in total. The van der Waals surface area contributed by atoms with Gasteiger partial charge in [-0.3, -0.25) is 0 Å². The highest BCUT2D eigenvalue weighted by Gasteiger charge is 2.18. The summed E-state index contributed by atoms with van der Waals surface area (Å²) in [5, 5.41) is 3.40. The minimum Gasteiger partial charge on any atom is -0.344 e. The van der Waals surface area contributed by atoms with Gasteiger partial charge in [-0.2, -0.15) is 0 Å². The number of nitrogens with one attached hydrogen (secondary N) is 1. The molecule has 1 aliphatic rings. The molecule has 0 aromatic rings. The van der Waals surface area contributed by atoms with E-state index in [1.165, 1.54) is 32.4 Å². The Hall–Kier alpha value is -0.0800. The second kappa shape index (κ2) is 7.56. The van der Waals surface area contributed by atoms with Gasteiger partial charge < -0.3 is 11.5 Å². The molecule has 1 rings (SSSR count). The molecule has 1 heterocycles. The number of hydrogen-bond donors (Lipinski definition) is 2. The molecule has 0 saturated carbocycles. The van der Waals surface area contributed by atoms with Crippen molar-refractivity contribution in [2.75, 3.05) is 13.1 Å². The summed E-state index contributed by atoms with van der Waals surface area (Å²) < 4.78 is 0. The number of hydrogen-bond acceptors (Lipinski definition) is 2. The fraction of sp³-hybridized carbons (Fsp3) is 1.00. The van der Waals surface area contributed by atoms with Crippen LogP contribution in [-0.4, -0.2) is 13.1 Å². The van der Waals surface area contributed by atoms with E-state index < -0.39 is 0 Å². The van der Waals surface area contributed by atoms with E-state index in [0.29, 0.717) is 5.41 Å². The molecule has 2 nitrogen and oxygen atoms in total. The molecular formula is C10H28N2. The minimum absolute atomic E-state index is 0. The Morgan fingerprint density at radius 1 is 1.08 bits per heavy atom. The lowest BCUT2D eigenvalue weighted by Gasteiger charge is -2.20. The van der Waals surface area contributed by atoms with Gasteiger partial charge in [-0.25, -0.2) is 0 Å². The summed E-state index contributed by atoms with van der Waals surface area (Å²) in [4.78, 5) is 0. The first-order valence-corrected chi connectivity index (χ1v) is 4.91. The Bertz CT molecular complexity index is 84.9. The average Bonchev–Trinajstić information content (AvgIpc) is 2.17. The molecule has 1 saturated heterocycles. The van der Waals surface area contributed by atoms with E-state index >= 15 is 0 Å². The highest BCUT2D eigenvalue weighted by molar-refractivity contribution is 4.73. The maximum absolute atomic E-state index is 3.40. The molecule has 0 atom stereocenters. The van der Waals surface area contributed by atoms with Crippen molar-refractivity contribution < 1.29 is 1.43 Å². The maximum Gasteiger partial charge on any atom is 0 e. The summed E-state index contributed by atoms with van der Waals surface area (Å²) in [7, 11) is 0. The van der Waals surface area contributed by atoms with E-state index in [4.69, 9.17) is 0 Å². The lowest BCUT2D eigenvalue weighted by atomic mass is 9.85. The fourth-order valence-corrected chi connectivity index (χ4v) is 1.37. The van der Waals surface area contributed by atoms with Crippen LogP contribution in [0.4, 0.5) is 0 Å². The van der Waals surface area contributed by atoms with Gasteiger partial charge in [0.05, 0.1) is 0 Å². The van der Waals surface area contributed by atoms with Crippen LogP contribution in [0.2, 0.25) is 0 Å². The van der Waals surface area contributed by atoms with Crippen molar-refractivity contribution in [1.82, 2.24) is 11.5 Å². The highest BCUT2D eigenvalue weighted by atomic mass is 14.9. The van der Waals surface area contributed by atoms with Crippen molar-refractivity contribution in [2.45, 2.75) is 47.0 Å². The van der Waals surface area contributed by atoms with Crippen LogP contribution in [0.1, 0.15) is 48.4 Å². The molecule has 2 heteroatoms. The Morgan fingerprint density at radius 2 is 1.67 bits per heavy atom. The fourth-order valence-electron chi connectivity index (χ4n) is 1.37. The van der Waals surface area contributed by atoms with Gasteiger partial charge in [0.2, 0.25) is 0 Å². The lowest BCUT2D eigenvalue weighted by molar-refractivity contribution is 0.323. The predicted octanol–water partition coefficient (Wildman–Crippen LogP) is 3.22. The van der Waals surface area contributed by atoms with Crippen molar-refractivity contribution in [3.05, 3.63) is 0 Å². The van der Waals surface area contributed by atoms with Crippen molar-refractivity contribution in [2.24, 2.45) is 5.41 Å². The standard InChI is InChI=1S/C8H17N.C2H6.H3N.H2/c1-8(2)4-3-6-9-7-5-8;1-2;;/h9H,3-7H2,1-2H3;1-2H3;1H3;1H. The van der Waals surface area contributed by atoms with Crippen LogP contribution in [-0.2, 0) is 0 Å². The summed E-state index contributed by atoms with van der Waals surface area (Å²) in [6, 6.07) is 0. The van der Waals surface area contributed by atoms with Gasteiger partial charge in [-0.15, -0.1) is 0 Å². The van der Waals surface area contributed by atoms with Gasteiger partial charge >= 0.3 is 0 Å². The SMILES string of the molecule is CC.CC1(C)CCCNCC1.N.[HH]. The van der Waals surface area contributed by atoms with Crippen LogP contribution in [0.3, 0.4) is 0 Å². The zero-order valence-electron chi connectivity index (χ0n) is 9.24. The smallest absolute Gasteiger partial charge is 0 e. The van der Waals surface area contributed by atoms with Crippen molar-refractivity contribution in [1.29, 1.82) is 0 Å². The molecule has 0 unspecified atom stereocenters. The highest BCUT2D eigenvalue weighted by Crippen LogP contribution is 2.27. The quantitative estimate of drug-likeness (QED) is 0.595. The summed E-state index contributed by atoms with van der Waals surface area (Å²) >= 11 is 0. The topological polar surface area (TPSA) is 47.0 Å². The Morgan fingerprint density at radius 3 is 2.25 bits per heavy atom. The zero-order chi connectivity index (χ0) is 8.74. The third kappa shape index (κ3) is 6.62. The van der Waals surface area contributed by atoms with Crippen molar-refractivity contribution >= 4 is 0 Å². The molecule has 0 bridgehead atoms. The average molecular weight is 176 g/mol. The largest absolute Gasteiger partial charge is 0.344 e. The Balaban J connectivity index is -0.000000234. The van der Waals surface area contributed by atoms with Gasteiger partial charge in [-0.05, 0) is 37.8 Å². The van der Waals surface area contributed by atoms with E-state index in [0.717, 1.165) is 0 Å². The van der Waals surface area contributed by atoms with Gasteiger partial charge in [0, 0.05) is 1.43 Å².